The maximum Gasteiger partial charge on any atom is 0.412 e. The Morgan fingerprint density at radius 1 is 1.00 bits per heavy atom. The van der Waals surface area contributed by atoms with Crippen LogP contribution in [0.5, 0.6) is 0 Å². The summed E-state index contributed by atoms with van der Waals surface area (Å²) in [6, 6.07) is 10.9. The van der Waals surface area contributed by atoms with Crippen LogP contribution in [0.1, 0.15) is 24.5 Å². The zero-order valence-corrected chi connectivity index (χ0v) is 12.4. The minimum atomic E-state index is -4.83. The quantitative estimate of drug-likeness (QED) is 0.577. The molecule has 2 rings (SSSR count). The van der Waals surface area contributed by atoms with Gasteiger partial charge in [-0.05, 0) is 35.2 Å². The third-order valence-electron chi connectivity index (χ3n) is 3.34. The number of allylic oxidation sites excluding steroid dienone is 1. The Hall–Kier alpha value is -2.17. The Balaban J connectivity index is 2.30. The topological polar surface area (TPSA) is 0 Å². The summed E-state index contributed by atoms with van der Waals surface area (Å²) in [7, 11) is 0. The van der Waals surface area contributed by atoms with Crippen molar-refractivity contribution in [1.82, 2.24) is 0 Å². The molecule has 23 heavy (non-hydrogen) atoms. The average molecular weight is 326 g/mol. The van der Waals surface area contributed by atoms with Crippen LogP contribution >= 0.6 is 0 Å². The molecule has 2 aromatic rings. The molecule has 0 nitrogen and oxygen atoms in total. The first-order valence-electron chi connectivity index (χ1n) is 7.14. The minimum Gasteiger partial charge on any atom is -0.206 e. The SMILES string of the molecule is CCCc1ccc(-c2ccc(/C(F)=C/C(F)(F)F)c(F)c2)cc1. The van der Waals surface area contributed by atoms with E-state index in [9.17, 15) is 22.0 Å². The Kier molecular flexibility index (Phi) is 5.19. The summed E-state index contributed by atoms with van der Waals surface area (Å²) in [6.07, 6.45) is -3.44. The third kappa shape index (κ3) is 4.65. The molecule has 0 amide bonds. The number of rotatable bonds is 4. The van der Waals surface area contributed by atoms with E-state index in [0.29, 0.717) is 5.56 Å². The molecule has 0 spiro atoms. The summed E-state index contributed by atoms with van der Waals surface area (Å²) in [6.45, 7) is 2.06. The molecule has 0 saturated heterocycles. The van der Waals surface area contributed by atoms with Crippen LogP contribution in [0.3, 0.4) is 0 Å². The van der Waals surface area contributed by atoms with Gasteiger partial charge in [-0.3, -0.25) is 0 Å². The molecule has 5 heteroatoms. The van der Waals surface area contributed by atoms with Gasteiger partial charge in [0, 0.05) is 5.56 Å². The lowest BCUT2D eigenvalue weighted by Gasteiger charge is -2.07. The molecule has 0 atom stereocenters. The molecule has 2 aromatic carbocycles. The summed E-state index contributed by atoms with van der Waals surface area (Å²) in [4.78, 5) is 0. The second-order valence-corrected chi connectivity index (χ2v) is 5.18. The standard InChI is InChI=1S/C18H15F5/c1-2-3-12-4-6-13(7-5-12)14-8-9-15(16(19)10-14)17(20)11-18(21,22)23/h4-11H,2-3H2,1H3/b17-11-. The molecule has 0 bridgehead atoms. The molecular formula is C18H15F5. The van der Waals surface area contributed by atoms with Gasteiger partial charge in [-0.2, -0.15) is 13.2 Å². The molecule has 0 radical (unpaired) electrons. The zero-order valence-electron chi connectivity index (χ0n) is 12.4. The van der Waals surface area contributed by atoms with Crippen molar-refractivity contribution in [3.63, 3.8) is 0 Å². The first-order chi connectivity index (χ1) is 10.8. The van der Waals surface area contributed by atoms with Crippen LogP contribution in [0.25, 0.3) is 17.0 Å². The molecule has 122 valence electrons. The van der Waals surface area contributed by atoms with Gasteiger partial charge >= 0.3 is 6.18 Å². The van der Waals surface area contributed by atoms with Crippen molar-refractivity contribution in [1.29, 1.82) is 0 Å². The van der Waals surface area contributed by atoms with Crippen LogP contribution in [0, 0.1) is 5.82 Å². The van der Waals surface area contributed by atoms with Crippen LogP contribution in [0.2, 0.25) is 0 Å². The van der Waals surface area contributed by atoms with Gasteiger partial charge in [0.1, 0.15) is 11.6 Å². The summed E-state index contributed by atoms with van der Waals surface area (Å²) in [5.41, 5.74) is 1.64. The van der Waals surface area contributed by atoms with Crippen molar-refractivity contribution in [3.8, 4) is 11.1 Å². The monoisotopic (exact) mass is 326 g/mol. The van der Waals surface area contributed by atoms with Crippen molar-refractivity contribution in [2.24, 2.45) is 0 Å². The van der Waals surface area contributed by atoms with Crippen molar-refractivity contribution < 1.29 is 22.0 Å². The minimum absolute atomic E-state index is 0.481. The van der Waals surface area contributed by atoms with Crippen LogP contribution in [-0.4, -0.2) is 6.18 Å². The number of halogens is 5. The summed E-state index contributed by atoms with van der Waals surface area (Å²) in [5, 5.41) is 0. The van der Waals surface area contributed by atoms with Gasteiger partial charge < -0.3 is 0 Å². The smallest absolute Gasteiger partial charge is 0.206 e. The van der Waals surface area contributed by atoms with Crippen molar-refractivity contribution in [3.05, 3.63) is 65.5 Å². The van der Waals surface area contributed by atoms with E-state index in [0.717, 1.165) is 36.1 Å². The van der Waals surface area contributed by atoms with Gasteiger partial charge in [0.05, 0.1) is 6.08 Å². The molecule has 0 aromatic heterocycles. The summed E-state index contributed by atoms with van der Waals surface area (Å²) >= 11 is 0. The highest BCUT2D eigenvalue weighted by Gasteiger charge is 2.26. The van der Waals surface area contributed by atoms with E-state index in [1.54, 1.807) is 12.1 Å². The van der Waals surface area contributed by atoms with E-state index in [4.69, 9.17) is 0 Å². The highest BCUT2D eigenvalue weighted by Crippen LogP contribution is 2.29. The number of hydrogen-bond donors (Lipinski definition) is 0. The molecule has 0 fully saturated rings. The first kappa shape index (κ1) is 17.2. The lowest BCUT2D eigenvalue weighted by Crippen LogP contribution is -2.02. The van der Waals surface area contributed by atoms with E-state index < -0.39 is 29.5 Å². The van der Waals surface area contributed by atoms with E-state index in [1.807, 2.05) is 12.1 Å². The average Bonchev–Trinajstić information content (AvgIpc) is 2.46. The molecular weight excluding hydrogens is 311 g/mol. The lowest BCUT2D eigenvalue weighted by atomic mass is 10.0. The normalized spacial score (nSPS) is 12.5. The third-order valence-corrected chi connectivity index (χ3v) is 3.34. The second-order valence-electron chi connectivity index (χ2n) is 5.18. The van der Waals surface area contributed by atoms with Gasteiger partial charge in [0.25, 0.3) is 0 Å². The highest BCUT2D eigenvalue weighted by molar-refractivity contribution is 5.68. The second kappa shape index (κ2) is 6.94. The predicted octanol–water partition coefficient (Wildman–Crippen LogP) is 6.32. The Morgan fingerprint density at radius 2 is 1.61 bits per heavy atom. The van der Waals surface area contributed by atoms with Gasteiger partial charge in [-0.25, -0.2) is 8.78 Å². The number of benzene rings is 2. The maximum absolute atomic E-state index is 13.9. The number of alkyl halides is 3. The molecule has 0 saturated carbocycles. The van der Waals surface area contributed by atoms with Gasteiger partial charge in [0.15, 0.2) is 0 Å². The van der Waals surface area contributed by atoms with E-state index >= 15 is 0 Å². The largest absolute Gasteiger partial charge is 0.412 e. The molecule has 0 unspecified atom stereocenters. The highest BCUT2D eigenvalue weighted by atomic mass is 19.4. The summed E-state index contributed by atoms with van der Waals surface area (Å²) < 4.78 is 63.8. The van der Waals surface area contributed by atoms with Crippen LogP contribution < -0.4 is 0 Å². The van der Waals surface area contributed by atoms with Gasteiger partial charge in [-0.1, -0.05) is 43.7 Å². The molecule has 0 aliphatic carbocycles. The van der Waals surface area contributed by atoms with Crippen molar-refractivity contribution in [2.45, 2.75) is 25.9 Å². The lowest BCUT2D eigenvalue weighted by molar-refractivity contribution is -0.0798. The van der Waals surface area contributed by atoms with Crippen LogP contribution in [-0.2, 0) is 6.42 Å². The first-order valence-corrected chi connectivity index (χ1v) is 7.14. The maximum atomic E-state index is 13.9. The van der Waals surface area contributed by atoms with E-state index in [1.165, 1.54) is 6.07 Å². The molecule has 0 heterocycles. The summed E-state index contributed by atoms with van der Waals surface area (Å²) in [5.74, 6) is -2.67. The van der Waals surface area contributed by atoms with Crippen LogP contribution in [0.15, 0.2) is 48.5 Å². The fourth-order valence-corrected chi connectivity index (χ4v) is 2.26. The van der Waals surface area contributed by atoms with Crippen molar-refractivity contribution >= 4 is 5.83 Å². The fourth-order valence-electron chi connectivity index (χ4n) is 2.26. The Bertz CT molecular complexity index is 696. The van der Waals surface area contributed by atoms with Crippen molar-refractivity contribution in [2.75, 3.05) is 0 Å². The van der Waals surface area contributed by atoms with E-state index in [-0.39, 0.29) is 0 Å². The molecule has 0 aliphatic heterocycles. The number of hydrogen-bond acceptors (Lipinski definition) is 0. The Labute approximate surface area is 131 Å². The number of aryl methyl sites for hydroxylation is 1. The predicted molar refractivity (Wildman–Crippen MR) is 81.0 cm³/mol. The fraction of sp³-hybridized carbons (Fsp3) is 0.222. The van der Waals surface area contributed by atoms with Gasteiger partial charge in [0.2, 0.25) is 0 Å². The van der Waals surface area contributed by atoms with Crippen LogP contribution in [0.4, 0.5) is 22.0 Å². The van der Waals surface area contributed by atoms with Gasteiger partial charge in [-0.15, -0.1) is 0 Å². The Morgan fingerprint density at radius 3 is 2.13 bits per heavy atom. The zero-order chi connectivity index (χ0) is 17.0. The molecule has 0 N–H and O–H groups in total. The van der Waals surface area contributed by atoms with E-state index in [2.05, 4.69) is 6.92 Å². The molecule has 0 aliphatic rings.